The number of benzene rings is 1. The molecular formula is C21H24N6O2S. The highest BCUT2D eigenvalue weighted by Crippen LogP contribution is 2.12. The van der Waals surface area contributed by atoms with Crippen LogP contribution in [-0.4, -0.2) is 52.8 Å². The van der Waals surface area contributed by atoms with Crippen LogP contribution in [0.5, 0.6) is 0 Å². The summed E-state index contributed by atoms with van der Waals surface area (Å²) in [5.74, 6) is -0.0558. The number of rotatable bonds is 3. The average Bonchev–Trinajstić information content (AvgIpc) is 3.14. The Balaban J connectivity index is 1.74. The lowest BCUT2D eigenvalue weighted by Crippen LogP contribution is -2.47. The standard InChI is InChI=1S/C21H24N6O2S/c1-25(2)15-8-6-14(7-9-15)12-16-19(22)27-21(23-20(16)29)30-17(24-27)13-18(28)26-10-4-3-5-11-26/h6-9,12-13,22,24H,3-5,10-11H2,1-2H3/b16-12+,17-13+,22-19?. The lowest BCUT2D eigenvalue weighted by Gasteiger charge is -2.25. The van der Waals surface area contributed by atoms with Crippen molar-refractivity contribution in [2.45, 2.75) is 19.3 Å². The van der Waals surface area contributed by atoms with Gasteiger partial charge in [0.2, 0.25) is 11.0 Å². The maximum atomic E-state index is 12.5. The van der Waals surface area contributed by atoms with Gasteiger partial charge in [-0.1, -0.05) is 23.5 Å². The molecule has 1 amide bonds. The quantitative estimate of drug-likeness (QED) is 0.629. The minimum absolute atomic E-state index is 0.0167. The third kappa shape index (κ3) is 4.06. The van der Waals surface area contributed by atoms with E-state index in [0.717, 1.165) is 43.6 Å². The van der Waals surface area contributed by atoms with Crippen molar-refractivity contribution in [2.24, 2.45) is 0 Å². The van der Waals surface area contributed by atoms with Crippen molar-refractivity contribution in [3.63, 3.8) is 0 Å². The first-order valence-electron chi connectivity index (χ1n) is 9.88. The first-order chi connectivity index (χ1) is 14.4. The summed E-state index contributed by atoms with van der Waals surface area (Å²) in [5, 5.41) is 12.1. The molecule has 9 heteroatoms. The molecule has 0 spiro atoms. The van der Waals surface area contributed by atoms with E-state index in [1.807, 2.05) is 48.2 Å². The van der Waals surface area contributed by atoms with Gasteiger partial charge in [-0.3, -0.25) is 20.1 Å². The van der Waals surface area contributed by atoms with Crippen molar-refractivity contribution < 1.29 is 4.79 Å². The van der Waals surface area contributed by atoms with Crippen molar-refractivity contribution in [3.05, 3.63) is 55.6 Å². The van der Waals surface area contributed by atoms with Crippen LogP contribution in [0, 0.1) is 5.41 Å². The number of aromatic amines is 1. The minimum Gasteiger partial charge on any atom is -0.378 e. The Morgan fingerprint density at radius 3 is 2.57 bits per heavy atom. The molecule has 0 saturated carbocycles. The number of likely N-dealkylation sites (tertiary alicyclic amines) is 1. The van der Waals surface area contributed by atoms with Crippen molar-refractivity contribution >= 4 is 35.1 Å². The van der Waals surface area contributed by atoms with Gasteiger partial charge in [-0.05, 0) is 43.0 Å². The monoisotopic (exact) mass is 424 g/mol. The fraction of sp³-hybridized carbons (Fsp3) is 0.333. The van der Waals surface area contributed by atoms with E-state index in [1.165, 1.54) is 22.1 Å². The molecule has 0 radical (unpaired) electrons. The third-order valence-electron chi connectivity index (χ3n) is 5.16. The second-order valence-electron chi connectivity index (χ2n) is 7.54. The molecule has 3 aliphatic heterocycles. The van der Waals surface area contributed by atoms with E-state index in [-0.39, 0.29) is 16.6 Å². The summed E-state index contributed by atoms with van der Waals surface area (Å²) in [6.45, 7) is 1.54. The molecule has 3 heterocycles. The van der Waals surface area contributed by atoms with E-state index >= 15 is 0 Å². The normalized spacial score (nSPS) is 15.7. The number of H-pyrrole nitrogens is 1. The van der Waals surface area contributed by atoms with Gasteiger partial charge < -0.3 is 9.80 Å². The fourth-order valence-corrected chi connectivity index (χ4v) is 4.31. The molecule has 1 saturated heterocycles. The molecule has 0 unspecified atom stereocenters. The van der Waals surface area contributed by atoms with Crippen molar-refractivity contribution in [1.82, 2.24) is 19.7 Å². The molecule has 0 aliphatic carbocycles. The first-order valence-corrected chi connectivity index (χ1v) is 10.7. The molecule has 1 aromatic carbocycles. The van der Waals surface area contributed by atoms with Gasteiger partial charge in [0.15, 0.2) is 5.49 Å². The molecule has 156 valence electrons. The number of hydrogen-bond donors (Lipinski definition) is 2. The Kier molecular flexibility index (Phi) is 5.54. The van der Waals surface area contributed by atoms with Crippen LogP contribution in [-0.2, 0) is 4.79 Å². The smallest absolute Gasteiger partial charge is 0.283 e. The van der Waals surface area contributed by atoms with Gasteiger partial charge in [-0.15, -0.1) is 0 Å². The largest absolute Gasteiger partial charge is 0.378 e. The summed E-state index contributed by atoms with van der Waals surface area (Å²) in [6, 6.07) is 7.71. The zero-order valence-electron chi connectivity index (χ0n) is 17.0. The fourth-order valence-electron chi connectivity index (χ4n) is 3.46. The van der Waals surface area contributed by atoms with Crippen LogP contribution in [0.2, 0.25) is 0 Å². The number of piperidine rings is 1. The third-order valence-corrected chi connectivity index (χ3v) is 6.05. The average molecular weight is 425 g/mol. The highest BCUT2D eigenvalue weighted by atomic mass is 32.1. The number of amides is 1. The molecule has 1 fully saturated rings. The van der Waals surface area contributed by atoms with E-state index in [0.29, 0.717) is 9.79 Å². The first kappa shape index (κ1) is 20.1. The van der Waals surface area contributed by atoms with Crippen LogP contribution in [0.4, 0.5) is 5.69 Å². The Bertz CT molecular complexity index is 1260. The number of nitrogens with one attached hydrogen (secondary N) is 2. The summed E-state index contributed by atoms with van der Waals surface area (Å²) in [7, 11) is 3.92. The number of carbonyl (C=O) groups excluding carboxylic acids is 1. The number of fused-ring (bicyclic) bond motifs is 1. The van der Waals surface area contributed by atoms with Crippen molar-refractivity contribution in [3.8, 4) is 5.13 Å². The second kappa shape index (κ2) is 8.27. The Morgan fingerprint density at radius 2 is 1.90 bits per heavy atom. The van der Waals surface area contributed by atoms with Gasteiger partial charge in [-0.2, -0.15) is 4.98 Å². The zero-order chi connectivity index (χ0) is 21.3. The van der Waals surface area contributed by atoms with Crippen LogP contribution < -0.4 is 25.8 Å². The molecule has 30 heavy (non-hydrogen) atoms. The Labute approximate surface area is 177 Å². The van der Waals surface area contributed by atoms with Gasteiger partial charge in [-0.25, -0.2) is 4.68 Å². The highest BCUT2D eigenvalue weighted by Gasteiger charge is 2.15. The second-order valence-corrected chi connectivity index (χ2v) is 8.55. The topological polar surface area (TPSA) is 98.1 Å². The number of anilines is 1. The Morgan fingerprint density at radius 1 is 1.20 bits per heavy atom. The van der Waals surface area contributed by atoms with Crippen LogP contribution in [0.25, 0.3) is 17.3 Å². The van der Waals surface area contributed by atoms with Crippen LogP contribution >= 0.6 is 11.3 Å². The number of nitrogens with zero attached hydrogens (tertiary/aromatic N) is 4. The summed E-state index contributed by atoms with van der Waals surface area (Å²) in [4.78, 5) is 33.0. The minimum atomic E-state index is -0.458. The lowest BCUT2D eigenvalue weighted by molar-refractivity contribution is -0.125. The summed E-state index contributed by atoms with van der Waals surface area (Å²) in [6.07, 6.45) is 6.40. The van der Waals surface area contributed by atoms with E-state index < -0.39 is 5.56 Å². The van der Waals surface area contributed by atoms with Gasteiger partial charge >= 0.3 is 0 Å². The number of aromatic nitrogens is 3. The maximum absolute atomic E-state index is 12.5. The predicted molar refractivity (Wildman–Crippen MR) is 118 cm³/mol. The van der Waals surface area contributed by atoms with Gasteiger partial charge in [0, 0.05) is 38.9 Å². The molecule has 4 rings (SSSR count). The highest BCUT2D eigenvalue weighted by molar-refractivity contribution is 7.11. The molecule has 1 aromatic rings. The molecule has 2 N–H and O–H groups in total. The van der Waals surface area contributed by atoms with Crippen LogP contribution in [0.3, 0.4) is 0 Å². The molecule has 0 atom stereocenters. The molecule has 3 aliphatic rings. The summed E-state index contributed by atoms with van der Waals surface area (Å²) in [5.41, 5.74) is 1.42. The van der Waals surface area contributed by atoms with Crippen LogP contribution in [0.15, 0.2) is 29.1 Å². The lowest BCUT2D eigenvalue weighted by atomic mass is 10.1. The Hall–Kier alpha value is -3.20. The predicted octanol–water partition coefficient (Wildman–Crippen LogP) is 0.227. The van der Waals surface area contributed by atoms with Gasteiger partial charge in [0.05, 0.1) is 5.22 Å². The van der Waals surface area contributed by atoms with E-state index in [4.69, 9.17) is 5.41 Å². The zero-order valence-corrected chi connectivity index (χ0v) is 17.8. The summed E-state index contributed by atoms with van der Waals surface area (Å²) >= 11 is 1.19. The van der Waals surface area contributed by atoms with Crippen molar-refractivity contribution in [2.75, 3.05) is 32.1 Å². The van der Waals surface area contributed by atoms with E-state index in [1.54, 1.807) is 6.08 Å². The maximum Gasteiger partial charge on any atom is 0.283 e. The number of hydrogen-bond acceptors (Lipinski definition) is 6. The summed E-state index contributed by atoms with van der Waals surface area (Å²) < 4.78 is 2.01. The molecular weight excluding hydrogens is 400 g/mol. The molecule has 8 nitrogen and oxygen atoms in total. The van der Waals surface area contributed by atoms with Gasteiger partial charge in [0.1, 0.15) is 4.66 Å². The van der Waals surface area contributed by atoms with E-state index in [9.17, 15) is 9.59 Å². The van der Waals surface area contributed by atoms with Gasteiger partial charge in [0.25, 0.3) is 5.56 Å². The van der Waals surface area contributed by atoms with Crippen molar-refractivity contribution in [1.29, 1.82) is 5.41 Å². The van der Waals surface area contributed by atoms with E-state index in [2.05, 4.69) is 10.1 Å². The molecule has 0 bridgehead atoms. The SMILES string of the molecule is CN(C)c1ccc(/C=c2/c(=O)nc3s/c(=C/C(=O)N4CCCCC4)[nH]n-3c2=N)cc1. The number of carbonyl (C=O) groups is 1. The molecule has 0 aromatic heterocycles. The van der Waals surface area contributed by atoms with Crippen LogP contribution in [0.1, 0.15) is 24.8 Å².